The SMILES string of the molecule is CC[C@H](Oc1cccc(Cn2c(C)c(C)c3cc(C(=O)O)ccc32)c1)C(=O)OC. The van der Waals surface area contributed by atoms with Crippen molar-refractivity contribution in [2.24, 2.45) is 0 Å². The molecule has 0 amide bonds. The summed E-state index contributed by atoms with van der Waals surface area (Å²) in [5.41, 5.74) is 4.42. The van der Waals surface area contributed by atoms with Gasteiger partial charge in [0.05, 0.1) is 12.7 Å². The van der Waals surface area contributed by atoms with E-state index in [0.29, 0.717) is 18.7 Å². The van der Waals surface area contributed by atoms with Crippen molar-refractivity contribution >= 4 is 22.8 Å². The van der Waals surface area contributed by atoms with E-state index in [1.54, 1.807) is 12.1 Å². The first-order valence-electron chi connectivity index (χ1n) is 9.51. The molecule has 0 aliphatic rings. The molecule has 0 aliphatic carbocycles. The molecule has 0 aliphatic heterocycles. The van der Waals surface area contributed by atoms with E-state index in [0.717, 1.165) is 27.7 Å². The summed E-state index contributed by atoms with van der Waals surface area (Å²) in [4.78, 5) is 23.1. The molecule has 0 bridgehead atoms. The summed E-state index contributed by atoms with van der Waals surface area (Å²) in [5.74, 6) is -0.716. The highest BCUT2D eigenvalue weighted by Gasteiger charge is 2.19. The number of hydrogen-bond donors (Lipinski definition) is 1. The molecule has 0 fully saturated rings. The third-order valence-corrected chi connectivity index (χ3v) is 5.24. The highest BCUT2D eigenvalue weighted by Crippen LogP contribution is 2.28. The van der Waals surface area contributed by atoms with Gasteiger partial charge >= 0.3 is 11.9 Å². The Kier molecular flexibility index (Phi) is 5.92. The van der Waals surface area contributed by atoms with Crippen LogP contribution in [0.25, 0.3) is 10.9 Å². The van der Waals surface area contributed by atoms with Crippen molar-refractivity contribution in [3.05, 3.63) is 64.8 Å². The van der Waals surface area contributed by atoms with Crippen LogP contribution in [0.1, 0.15) is 40.5 Å². The molecule has 3 rings (SSSR count). The summed E-state index contributed by atoms with van der Waals surface area (Å²) in [7, 11) is 1.35. The molecule has 1 N–H and O–H groups in total. The van der Waals surface area contributed by atoms with Crippen molar-refractivity contribution in [3.63, 3.8) is 0 Å². The van der Waals surface area contributed by atoms with Crippen LogP contribution in [0, 0.1) is 13.8 Å². The molecular formula is C23H25NO5. The standard InChI is InChI=1S/C23H25NO5/c1-5-21(23(27)28-4)29-18-8-6-7-16(11-18)13-24-15(3)14(2)19-12-17(22(25)26)9-10-20(19)24/h6-12,21H,5,13H2,1-4H3,(H,25,26)/t21-/m0/s1. The molecule has 0 saturated heterocycles. The van der Waals surface area contributed by atoms with Gasteiger partial charge in [0.1, 0.15) is 5.75 Å². The van der Waals surface area contributed by atoms with Gasteiger partial charge in [-0.05, 0) is 61.7 Å². The maximum absolute atomic E-state index is 11.8. The van der Waals surface area contributed by atoms with E-state index in [-0.39, 0.29) is 5.56 Å². The maximum Gasteiger partial charge on any atom is 0.347 e. The van der Waals surface area contributed by atoms with Gasteiger partial charge in [-0.2, -0.15) is 0 Å². The molecule has 1 atom stereocenters. The normalized spacial score (nSPS) is 12.0. The largest absolute Gasteiger partial charge is 0.479 e. The van der Waals surface area contributed by atoms with Crippen molar-refractivity contribution in [1.29, 1.82) is 0 Å². The van der Waals surface area contributed by atoms with Gasteiger partial charge in [0.25, 0.3) is 0 Å². The quantitative estimate of drug-likeness (QED) is 0.602. The Hall–Kier alpha value is -3.28. The number of esters is 1. The van der Waals surface area contributed by atoms with E-state index in [1.165, 1.54) is 7.11 Å². The number of carboxylic acids is 1. The Labute approximate surface area is 169 Å². The third-order valence-electron chi connectivity index (χ3n) is 5.24. The third kappa shape index (κ3) is 4.11. The summed E-state index contributed by atoms with van der Waals surface area (Å²) in [6.07, 6.45) is -0.121. The summed E-state index contributed by atoms with van der Waals surface area (Å²) < 4.78 is 12.8. The number of benzene rings is 2. The van der Waals surface area contributed by atoms with Gasteiger partial charge in [-0.15, -0.1) is 0 Å². The Morgan fingerprint density at radius 2 is 1.90 bits per heavy atom. The number of rotatable bonds is 7. The van der Waals surface area contributed by atoms with Crippen LogP contribution in [0.2, 0.25) is 0 Å². The van der Waals surface area contributed by atoms with Crippen LogP contribution in [0.5, 0.6) is 5.75 Å². The zero-order valence-electron chi connectivity index (χ0n) is 17.1. The summed E-state index contributed by atoms with van der Waals surface area (Å²) >= 11 is 0. The highest BCUT2D eigenvalue weighted by atomic mass is 16.6. The lowest BCUT2D eigenvalue weighted by Crippen LogP contribution is -2.27. The van der Waals surface area contributed by atoms with Crippen LogP contribution in [-0.4, -0.2) is 34.8 Å². The van der Waals surface area contributed by atoms with E-state index >= 15 is 0 Å². The first-order valence-corrected chi connectivity index (χ1v) is 9.51. The lowest BCUT2D eigenvalue weighted by Gasteiger charge is -2.16. The second-order valence-corrected chi connectivity index (χ2v) is 7.02. The fraction of sp³-hybridized carbons (Fsp3) is 0.304. The number of aryl methyl sites for hydroxylation is 1. The zero-order valence-corrected chi connectivity index (χ0v) is 17.1. The number of fused-ring (bicyclic) bond motifs is 1. The molecule has 1 aromatic heterocycles. The van der Waals surface area contributed by atoms with Crippen LogP contribution in [0.3, 0.4) is 0 Å². The number of ether oxygens (including phenoxy) is 2. The first kappa shape index (κ1) is 20.5. The van der Waals surface area contributed by atoms with Crippen molar-refractivity contribution in [3.8, 4) is 5.75 Å². The maximum atomic E-state index is 11.8. The monoisotopic (exact) mass is 395 g/mol. The minimum Gasteiger partial charge on any atom is -0.479 e. The lowest BCUT2D eigenvalue weighted by atomic mass is 10.1. The molecule has 1 heterocycles. The topological polar surface area (TPSA) is 77.8 Å². The molecule has 152 valence electrons. The van der Waals surface area contributed by atoms with E-state index in [1.807, 2.05) is 51.1 Å². The van der Waals surface area contributed by atoms with E-state index in [2.05, 4.69) is 4.57 Å². The highest BCUT2D eigenvalue weighted by molar-refractivity contribution is 5.95. The van der Waals surface area contributed by atoms with Gasteiger partial charge < -0.3 is 19.1 Å². The molecule has 3 aromatic rings. The number of carbonyl (C=O) groups is 2. The minimum absolute atomic E-state index is 0.279. The smallest absolute Gasteiger partial charge is 0.347 e. The average Bonchev–Trinajstić information content (AvgIpc) is 2.96. The Morgan fingerprint density at radius 1 is 1.14 bits per heavy atom. The number of hydrogen-bond acceptors (Lipinski definition) is 4. The molecule has 29 heavy (non-hydrogen) atoms. The number of carboxylic acid groups (broad SMARTS) is 1. The number of carbonyl (C=O) groups excluding carboxylic acids is 1. The van der Waals surface area contributed by atoms with Gasteiger partial charge in [0, 0.05) is 23.1 Å². The predicted octanol–water partition coefficient (Wildman–Crippen LogP) is 4.34. The van der Waals surface area contributed by atoms with Gasteiger partial charge in [0.15, 0.2) is 6.10 Å². The van der Waals surface area contributed by atoms with Crippen LogP contribution in [-0.2, 0) is 16.1 Å². The second kappa shape index (κ2) is 8.39. The van der Waals surface area contributed by atoms with Crippen LogP contribution >= 0.6 is 0 Å². The number of aromatic nitrogens is 1. The minimum atomic E-state index is -0.933. The first-order chi connectivity index (χ1) is 13.8. The van der Waals surface area contributed by atoms with Gasteiger partial charge in [-0.25, -0.2) is 9.59 Å². The van der Waals surface area contributed by atoms with Crippen molar-refractivity contribution in [1.82, 2.24) is 4.57 Å². The van der Waals surface area contributed by atoms with E-state index < -0.39 is 18.0 Å². The van der Waals surface area contributed by atoms with Crippen LogP contribution < -0.4 is 4.74 Å². The number of methoxy groups -OCH3 is 1. The van der Waals surface area contributed by atoms with Gasteiger partial charge in [0.2, 0.25) is 0 Å². The van der Waals surface area contributed by atoms with Crippen molar-refractivity contribution < 1.29 is 24.2 Å². The number of nitrogens with zero attached hydrogens (tertiary/aromatic N) is 1. The molecule has 2 aromatic carbocycles. The van der Waals surface area contributed by atoms with Gasteiger partial charge in [-0.3, -0.25) is 0 Å². The Balaban J connectivity index is 1.92. The molecule has 0 spiro atoms. The van der Waals surface area contributed by atoms with Crippen LogP contribution in [0.15, 0.2) is 42.5 Å². The molecule has 6 nitrogen and oxygen atoms in total. The van der Waals surface area contributed by atoms with Crippen molar-refractivity contribution in [2.45, 2.75) is 39.8 Å². The summed E-state index contributed by atoms with van der Waals surface area (Å²) in [5, 5.41) is 10.2. The van der Waals surface area contributed by atoms with E-state index in [9.17, 15) is 14.7 Å². The van der Waals surface area contributed by atoms with E-state index in [4.69, 9.17) is 9.47 Å². The lowest BCUT2D eigenvalue weighted by molar-refractivity contribution is -0.148. The molecule has 0 saturated carbocycles. The molecule has 0 radical (unpaired) electrons. The Morgan fingerprint density at radius 3 is 2.55 bits per heavy atom. The fourth-order valence-corrected chi connectivity index (χ4v) is 3.48. The zero-order chi connectivity index (χ0) is 21.1. The summed E-state index contributed by atoms with van der Waals surface area (Å²) in [6.45, 7) is 6.51. The van der Waals surface area contributed by atoms with Crippen LogP contribution in [0.4, 0.5) is 0 Å². The van der Waals surface area contributed by atoms with Crippen molar-refractivity contribution in [2.75, 3.05) is 7.11 Å². The predicted molar refractivity (Wildman–Crippen MR) is 111 cm³/mol. The molecular weight excluding hydrogens is 370 g/mol. The van der Waals surface area contributed by atoms with Gasteiger partial charge in [-0.1, -0.05) is 19.1 Å². The fourth-order valence-electron chi connectivity index (χ4n) is 3.48. The second-order valence-electron chi connectivity index (χ2n) is 7.02. The Bertz CT molecular complexity index is 1070. The number of aromatic carboxylic acids is 1. The molecule has 6 heteroatoms. The molecule has 0 unspecified atom stereocenters. The summed E-state index contributed by atoms with van der Waals surface area (Å²) in [6, 6.07) is 12.8. The average molecular weight is 395 g/mol.